The Balaban J connectivity index is 1.43. The predicted octanol–water partition coefficient (Wildman–Crippen LogP) is 2.36. The van der Waals surface area contributed by atoms with Crippen LogP contribution in [0.5, 0.6) is 0 Å². The molecular weight excluding hydrogens is 584 g/mol. The second-order valence-electron chi connectivity index (χ2n) is 12.1. The van der Waals surface area contributed by atoms with Gasteiger partial charge in [-0.05, 0) is 60.6 Å². The lowest BCUT2D eigenvalue weighted by Crippen LogP contribution is -2.50. The molecule has 5 rings (SSSR count). The zero-order valence-corrected chi connectivity index (χ0v) is 24.4. The molecule has 2 amide bonds. The molecule has 226 valence electrons. The standard InChI is InChI=1S/C27H28B5F4N7O2/c28-26(29,30)27(31,32)43-18(7-10-37-43)24(45)41-23(15-5-8-25(35,36)9-6-15)17-13-42-20(39-17)11-16(12-38-42)22(14-1-2-14)40-21(44)4-3-19(33)34/h7,10-15,19,22-23H,1-6,8-9H2,(H,40,44)(H,41,45)/t22?,23-/m0/s1. The van der Waals surface area contributed by atoms with Crippen LogP contribution in [0.1, 0.15) is 85.2 Å². The van der Waals surface area contributed by atoms with Gasteiger partial charge in [-0.1, -0.05) is 0 Å². The number of rotatable bonds is 12. The summed E-state index contributed by atoms with van der Waals surface area (Å²) in [6, 6.07) is 1.78. The Bertz CT molecular complexity index is 1530. The summed E-state index contributed by atoms with van der Waals surface area (Å²) < 4.78 is 55.8. The molecule has 18 heteroatoms. The summed E-state index contributed by atoms with van der Waals surface area (Å²) >= 11 is 0. The molecular formula is C27H28B5F4N7O2. The van der Waals surface area contributed by atoms with E-state index in [9.17, 15) is 27.2 Å². The van der Waals surface area contributed by atoms with E-state index in [1.54, 1.807) is 18.5 Å². The van der Waals surface area contributed by atoms with Crippen molar-refractivity contribution in [2.45, 2.75) is 86.2 Å². The van der Waals surface area contributed by atoms with Crippen molar-refractivity contribution in [3.05, 3.63) is 47.7 Å². The first-order valence-corrected chi connectivity index (χ1v) is 14.7. The van der Waals surface area contributed by atoms with Gasteiger partial charge in [-0.2, -0.15) is 10.2 Å². The van der Waals surface area contributed by atoms with E-state index in [2.05, 4.69) is 25.8 Å². The van der Waals surface area contributed by atoms with Gasteiger partial charge in [0, 0.05) is 31.9 Å². The summed E-state index contributed by atoms with van der Waals surface area (Å²) in [6.45, 7) is 0. The van der Waals surface area contributed by atoms with Gasteiger partial charge in [-0.3, -0.25) is 14.3 Å². The molecule has 0 spiro atoms. The number of nitrogens with one attached hydrogen (secondary N) is 2. The van der Waals surface area contributed by atoms with Crippen LogP contribution in [0.2, 0.25) is 5.11 Å². The molecule has 3 heterocycles. The third-order valence-corrected chi connectivity index (χ3v) is 8.48. The van der Waals surface area contributed by atoms with E-state index in [0.29, 0.717) is 16.9 Å². The Labute approximate surface area is 264 Å². The normalized spacial score (nSPS) is 19.0. The second kappa shape index (κ2) is 12.5. The molecule has 1 unspecified atom stereocenters. The van der Waals surface area contributed by atoms with Crippen LogP contribution in [0.4, 0.5) is 17.6 Å². The van der Waals surface area contributed by atoms with Gasteiger partial charge < -0.3 is 10.6 Å². The molecule has 2 fully saturated rings. The highest BCUT2D eigenvalue weighted by molar-refractivity contribution is 6.66. The molecule has 2 saturated carbocycles. The van der Waals surface area contributed by atoms with Gasteiger partial charge in [-0.25, -0.2) is 27.1 Å². The Morgan fingerprint density at radius 2 is 1.67 bits per heavy atom. The number of carbonyl (C=O) groups excluding carboxylic acids is 2. The van der Waals surface area contributed by atoms with Crippen molar-refractivity contribution in [3.63, 3.8) is 0 Å². The third-order valence-electron chi connectivity index (χ3n) is 8.48. The zero-order valence-electron chi connectivity index (χ0n) is 24.4. The van der Waals surface area contributed by atoms with Gasteiger partial charge in [0.25, 0.3) is 5.91 Å². The number of imidazole rings is 1. The van der Waals surface area contributed by atoms with Crippen LogP contribution in [-0.4, -0.2) is 87.8 Å². The number of carbonyl (C=O) groups is 2. The number of nitrogens with zero attached hydrogens (tertiary/aromatic N) is 5. The quantitative estimate of drug-likeness (QED) is 0.242. The molecule has 0 bridgehead atoms. The van der Waals surface area contributed by atoms with E-state index in [1.807, 2.05) is 0 Å². The van der Waals surface area contributed by atoms with E-state index in [1.165, 1.54) is 16.8 Å². The predicted molar refractivity (Wildman–Crippen MR) is 161 cm³/mol. The van der Waals surface area contributed by atoms with Crippen molar-refractivity contribution in [2.24, 2.45) is 11.8 Å². The number of halogens is 4. The first-order chi connectivity index (χ1) is 21.1. The van der Waals surface area contributed by atoms with Crippen LogP contribution < -0.4 is 10.6 Å². The highest BCUT2D eigenvalue weighted by Gasteiger charge is 2.41. The minimum Gasteiger partial charge on any atom is -0.349 e. The van der Waals surface area contributed by atoms with Crippen molar-refractivity contribution >= 4 is 56.7 Å². The molecule has 2 N–H and O–H groups in total. The number of amides is 2. The molecule has 3 aromatic heterocycles. The lowest BCUT2D eigenvalue weighted by atomic mass is 9.26. The molecule has 0 saturated heterocycles. The maximum atomic E-state index is 14.1. The number of fused-ring (bicyclic) bond motifs is 1. The van der Waals surface area contributed by atoms with Gasteiger partial charge in [-0.15, -0.1) is 5.11 Å². The summed E-state index contributed by atoms with van der Waals surface area (Å²) in [5.74, 6) is -4.29. The number of hydrogen-bond acceptors (Lipinski definition) is 5. The highest BCUT2D eigenvalue weighted by atomic mass is 19.3. The second-order valence-corrected chi connectivity index (χ2v) is 12.1. The fourth-order valence-corrected chi connectivity index (χ4v) is 5.62. The average Bonchev–Trinajstić information content (AvgIpc) is 3.50. The van der Waals surface area contributed by atoms with E-state index in [-0.39, 0.29) is 43.7 Å². The molecule has 0 aliphatic heterocycles. The van der Waals surface area contributed by atoms with Crippen LogP contribution in [0.15, 0.2) is 30.7 Å². The van der Waals surface area contributed by atoms with Crippen LogP contribution in [0.25, 0.3) is 5.65 Å². The molecule has 45 heavy (non-hydrogen) atoms. The Morgan fingerprint density at radius 3 is 2.29 bits per heavy atom. The van der Waals surface area contributed by atoms with Crippen molar-refractivity contribution in [2.75, 3.05) is 0 Å². The zero-order chi connectivity index (χ0) is 32.7. The van der Waals surface area contributed by atoms with Gasteiger partial charge in [0.1, 0.15) is 5.69 Å². The molecule has 10 radical (unpaired) electrons. The molecule has 2 aliphatic rings. The summed E-state index contributed by atoms with van der Waals surface area (Å²) in [7, 11) is 29.3. The van der Waals surface area contributed by atoms with Crippen LogP contribution in [0, 0.1) is 11.8 Å². The number of aromatic nitrogens is 5. The smallest absolute Gasteiger partial charge is 0.270 e. The van der Waals surface area contributed by atoms with Crippen molar-refractivity contribution in [1.29, 1.82) is 0 Å². The topological polar surface area (TPSA) is 106 Å². The lowest BCUT2D eigenvalue weighted by molar-refractivity contribution is -0.122. The maximum absolute atomic E-state index is 14.1. The Morgan fingerprint density at radius 1 is 1.00 bits per heavy atom. The minimum atomic E-state index is -2.82. The fraction of sp³-hybridized carbons (Fsp3) is 0.593. The van der Waals surface area contributed by atoms with E-state index >= 15 is 0 Å². The van der Waals surface area contributed by atoms with Crippen molar-refractivity contribution in [1.82, 2.24) is 35.0 Å². The maximum Gasteiger partial charge on any atom is 0.270 e. The number of alkyl halides is 4. The molecule has 2 atom stereocenters. The van der Waals surface area contributed by atoms with Crippen molar-refractivity contribution in [3.8, 4) is 0 Å². The summed E-state index contributed by atoms with van der Waals surface area (Å²) in [5.41, 5.74) is 1.25. The van der Waals surface area contributed by atoms with Crippen LogP contribution in [0.3, 0.4) is 0 Å². The van der Waals surface area contributed by atoms with Gasteiger partial charge in [0.2, 0.25) is 18.3 Å². The SMILES string of the molecule is [B]C([B])([B])C([B])([B])n1nccc1C(=O)N[C@H](c1cn2ncc(C(NC(=O)CCC(F)F)C3CC3)cc2n1)C1CCC(F)(F)CC1. The highest BCUT2D eigenvalue weighted by Crippen LogP contribution is 2.43. The Kier molecular flexibility index (Phi) is 9.25. The summed E-state index contributed by atoms with van der Waals surface area (Å²) in [6.07, 6.45) is 2.17. The Hall–Kier alpha value is -3.19. The fourth-order valence-electron chi connectivity index (χ4n) is 5.62. The average molecular weight is 613 g/mol. The van der Waals surface area contributed by atoms with E-state index < -0.39 is 59.0 Å². The van der Waals surface area contributed by atoms with E-state index in [4.69, 9.17) is 39.2 Å². The van der Waals surface area contributed by atoms with Crippen LogP contribution >= 0.6 is 0 Å². The van der Waals surface area contributed by atoms with E-state index in [0.717, 1.165) is 17.5 Å². The van der Waals surface area contributed by atoms with Gasteiger partial charge in [0.05, 0.1) is 69.4 Å². The summed E-state index contributed by atoms with van der Waals surface area (Å²) in [4.78, 5) is 30.6. The molecule has 0 aromatic carbocycles. The lowest BCUT2D eigenvalue weighted by Gasteiger charge is -2.43. The van der Waals surface area contributed by atoms with Gasteiger partial charge >= 0.3 is 0 Å². The summed E-state index contributed by atoms with van der Waals surface area (Å²) in [5, 5.41) is 9.77. The third kappa shape index (κ3) is 7.46. The first kappa shape index (κ1) is 33.2. The molecule has 9 nitrogen and oxygen atoms in total. The monoisotopic (exact) mass is 613 g/mol. The van der Waals surface area contributed by atoms with Gasteiger partial charge in [0.15, 0.2) is 5.65 Å². The van der Waals surface area contributed by atoms with Crippen molar-refractivity contribution < 1.29 is 27.2 Å². The molecule has 2 aliphatic carbocycles. The van der Waals surface area contributed by atoms with Crippen LogP contribution in [-0.2, 0) is 10.1 Å². The molecule has 3 aromatic rings. The minimum absolute atomic E-state index is 0.105. The number of hydrogen-bond donors (Lipinski definition) is 2. The largest absolute Gasteiger partial charge is 0.349 e. The first-order valence-electron chi connectivity index (χ1n) is 14.7.